The molecule has 0 bridgehead atoms. The van der Waals surface area contributed by atoms with Gasteiger partial charge in [0, 0.05) is 6.61 Å². The van der Waals surface area contributed by atoms with Crippen molar-refractivity contribution in [3.05, 3.63) is 34.9 Å². The predicted molar refractivity (Wildman–Crippen MR) is 53.9 cm³/mol. The van der Waals surface area contributed by atoms with Crippen LogP contribution < -0.4 is 0 Å². The topological polar surface area (TPSA) is 40.5 Å². The highest BCUT2D eigenvalue weighted by Gasteiger charge is 1.96. The van der Waals surface area contributed by atoms with Gasteiger partial charge in [-0.1, -0.05) is 29.8 Å². The largest absolute Gasteiger partial charge is 0.506 e. The standard InChI is InChI=1S/C10H11ClO2/c11-9-7-8(3-1-2-6-12)4-5-10(9)13/h1,3-5,7,12-13H,2,6H2. The zero-order valence-corrected chi connectivity index (χ0v) is 7.83. The maximum absolute atomic E-state index is 9.12. The second kappa shape index (κ2) is 4.90. The molecule has 0 aliphatic carbocycles. The summed E-state index contributed by atoms with van der Waals surface area (Å²) >= 11 is 5.69. The highest BCUT2D eigenvalue weighted by atomic mass is 35.5. The predicted octanol–water partition coefficient (Wildman–Crippen LogP) is 2.44. The van der Waals surface area contributed by atoms with Crippen LogP contribution in [-0.2, 0) is 0 Å². The van der Waals surface area contributed by atoms with Crippen LogP contribution in [0.25, 0.3) is 6.08 Å². The van der Waals surface area contributed by atoms with Crippen molar-refractivity contribution in [2.24, 2.45) is 0 Å². The van der Waals surface area contributed by atoms with Crippen molar-refractivity contribution in [3.63, 3.8) is 0 Å². The maximum Gasteiger partial charge on any atom is 0.134 e. The Bertz CT molecular complexity index is 308. The van der Waals surface area contributed by atoms with Crippen LogP contribution in [0.2, 0.25) is 5.02 Å². The van der Waals surface area contributed by atoms with Gasteiger partial charge in [-0.15, -0.1) is 0 Å². The molecule has 0 heterocycles. The van der Waals surface area contributed by atoms with Crippen LogP contribution in [0.3, 0.4) is 0 Å². The Morgan fingerprint density at radius 3 is 2.77 bits per heavy atom. The van der Waals surface area contributed by atoms with E-state index in [0.717, 1.165) is 5.56 Å². The molecule has 0 aliphatic heterocycles. The minimum Gasteiger partial charge on any atom is -0.506 e. The van der Waals surface area contributed by atoms with Crippen LogP contribution >= 0.6 is 11.6 Å². The average Bonchev–Trinajstić information content (AvgIpc) is 2.12. The number of benzene rings is 1. The Labute approximate surface area is 82.1 Å². The molecule has 1 rings (SSSR count). The quantitative estimate of drug-likeness (QED) is 0.783. The molecule has 0 aliphatic rings. The lowest BCUT2D eigenvalue weighted by Crippen LogP contribution is -1.77. The van der Waals surface area contributed by atoms with Crippen molar-refractivity contribution in [1.82, 2.24) is 0 Å². The van der Waals surface area contributed by atoms with Gasteiger partial charge in [0.15, 0.2) is 0 Å². The van der Waals surface area contributed by atoms with Crippen LogP contribution in [0.1, 0.15) is 12.0 Å². The van der Waals surface area contributed by atoms with E-state index in [2.05, 4.69) is 0 Å². The van der Waals surface area contributed by atoms with Gasteiger partial charge in [-0.3, -0.25) is 0 Å². The van der Waals surface area contributed by atoms with Crippen molar-refractivity contribution in [3.8, 4) is 5.75 Å². The van der Waals surface area contributed by atoms with E-state index in [1.165, 1.54) is 0 Å². The van der Waals surface area contributed by atoms with E-state index in [-0.39, 0.29) is 12.4 Å². The third-order valence-corrected chi connectivity index (χ3v) is 1.88. The Morgan fingerprint density at radius 1 is 1.38 bits per heavy atom. The zero-order valence-electron chi connectivity index (χ0n) is 7.07. The summed E-state index contributed by atoms with van der Waals surface area (Å²) in [6.45, 7) is 0.141. The monoisotopic (exact) mass is 198 g/mol. The molecule has 0 fully saturated rings. The van der Waals surface area contributed by atoms with Gasteiger partial charge in [-0.05, 0) is 24.1 Å². The van der Waals surface area contributed by atoms with Crippen molar-refractivity contribution in [1.29, 1.82) is 0 Å². The molecule has 13 heavy (non-hydrogen) atoms. The number of rotatable bonds is 3. The first-order chi connectivity index (χ1) is 6.24. The first kappa shape index (κ1) is 10.1. The summed E-state index contributed by atoms with van der Waals surface area (Å²) in [6, 6.07) is 4.97. The molecule has 2 N–H and O–H groups in total. The Kier molecular flexibility index (Phi) is 3.80. The second-order valence-corrected chi connectivity index (χ2v) is 3.03. The number of aliphatic hydroxyl groups is 1. The van der Waals surface area contributed by atoms with Crippen LogP contribution in [0, 0.1) is 0 Å². The van der Waals surface area contributed by atoms with E-state index >= 15 is 0 Å². The summed E-state index contributed by atoms with van der Waals surface area (Å²) in [7, 11) is 0. The Hall–Kier alpha value is -0.990. The molecule has 1 aromatic carbocycles. The highest BCUT2D eigenvalue weighted by molar-refractivity contribution is 6.32. The van der Waals surface area contributed by atoms with Gasteiger partial charge in [-0.2, -0.15) is 0 Å². The molecule has 1 aromatic rings. The molecular weight excluding hydrogens is 188 g/mol. The van der Waals surface area contributed by atoms with E-state index in [0.29, 0.717) is 11.4 Å². The van der Waals surface area contributed by atoms with Gasteiger partial charge >= 0.3 is 0 Å². The van der Waals surface area contributed by atoms with Crippen molar-refractivity contribution in [2.75, 3.05) is 6.61 Å². The van der Waals surface area contributed by atoms with Crippen molar-refractivity contribution >= 4 is 17.7 Å². The summed E-state index contributed by atoms with van der Waals surface area (Å²) in [5, 5.41) is 18.0. The van der Waals surface area contributed by atoms with Crippen LogP contribution in [0.4, 0.5) is 0 Å². The molecule has 0 saturated heterocycles. The number of aromatic hydroxyl groups is 1. The van der Waals surface area contributed by atoms with Gasteiger partial charge < -0.3 is 10.2 Å². The lowest BCUT2D eigenvalue weighted by molar-refractivity contribution is 0.303. The SMILES string of the molecule is OCCC=Cc1ccc(O)c(Cl)c1. The van der Waals surface area contributed by atoms with E-state index in [9.17, 15) is 0 Å². The number of hydrogen-bond acceptors (Lipinski definition) is 2. The molecule has 2 nitrogen and oxygen atoms in total. The molecular formula is C10H11ClO2. The molecule has 3 heteroatoms. The number of aliphatic hydroxyl groups excluding tert-OH is 1. The number of halogens is 1. The number of phenolic OH excluding ortho intramolecular Hbond substituents is 1. The van der Waals surface area contributed by atoms with Crippen LogP contribution in [-0.4, -0.2) is 16.8 Å². The van der Waals surface area contributed by atoms with E-state index in [1.807, 2.05) is 12.2 Å². The van der Waals surface area contributed by atoms with Gasteiger partial charge in [0.2, 0.25) is 0 Å². The van der Waals surface area contributed by atoms with Crippen LogP contribution in [0.5, 0.6) is 5.75 Å². The molecule has 0 saturated carbocycles. The first-order valence-electron chi connectivity index (χ1n) is 4.00. The fraction of sp³-hybridized carbons (Fsp3) is 0.200. The average molecular weight is 199 g/mol. The van der Waals surface area contributed by atoms with Crippen molar-refractivity contribution < 1.29 is 10.2 Å². The van der Waals surface area contributed by atoms with Gasteiger partial charge in [0.25, 0.3) is 0 Å². The van der Waals surface area contributed by atoms with Crippen molar-refractivity contribution in [2.45, 2.75) is 6.42 Å². The highest BCUT2D eigenvalue weighted by Crippen LogP contribution is 2.24. The minimum absolute atomic E-state index is 0.0842. The molecule has 0 unspecified atom stereocenters. The third-order valence-electron chi connectivity index (χ3n) is 1.58. The Morgan fingerprint density at radius 2 is 2.15 bits per heavy atom. The molecule has 70 valence electrons. The Balaban J connectivity index is 2.73. The zero-order chi connectivity index (χ0) is 9.68. The molecule has 0 radical (unpaired) electrons. The smallest absolute Gasteiger partial charge is 0.134 e. The van der Waals surface area contributed by atoms with Gasteiger partial charge in [0.05, 0.1) is 5.02 Å². The maximum atomic E-state index is 9.12. The summed E-state index contributed by atoms with van der Waals surface area (Å²) in [5.74, 6) is 0.0842. The normalized spacial score (nSPS) is 10.9. The first-order valence-corrected chi connectivity index (χ1v) is 4.38. The van der Waals surface area contributed by atoms with Crippen LogP contribution in [0.15, 0.2) is 24.3 Å². The lowest BCUT2D eigenvalue weighted by Gasteiger charge is -1.97. The molecule has 0 spiro atoms. The molecule has 0 amide bonds. The lowest BCUT2D eigenvalue weighted by atomic mass is 10.2. The summed E-state index contributed by atoms with van der Waals surface area (Å²) in [6.07, 6.45) is 4.32. The molecule has 0 aromatic heterocycles. The summed E-state index contributed by atoms with van der Waals surface area (Å²) in [4.78, 5) is 0. The summed E-state index contributed by atoms with van der Waals surface area (Å²) < 4.78 is 0. The number of hydrogen-bond donors (Lipinski definition) is 2. The minimum atomic E-state index is 0.0842. The second-order valence-electron chi connectivity index (χ2n) is 2.63. The summed E-state index contributed by atoms with van der Waals surface area (Å²) in [5.41, 5.74) is 0.913. The molecule has 0 atom stereocenters. The van der Waals surface area contributed by atoms with Gasteiger partial charge in [0.1, 0.15) is 5.75 Å². The fourth-order valence-corrected chi connectivity index (χ4v) is 1.11. The van der Waals surface area contributed by atoms with E-state index in [4.69, 9.17) is 21.8 Å². The van der Waals surface area contributed by atoms with E-state index in [1.54, 1.807) is 18.2 Å². The van der Waals surface area contributed by atoms with E-state index < -0.39 is 0 Å². The number of phenols is 1. The van der Waals surface area contributed by atoms with Gasteiger partial charge in [-0.25, -0.2) is 0 Å². The third kappa shape index (κ3) is 3.09. The fourth-order valence-electron chi connectivity index (χ4n) is 0.921.